The number of amides is 1. The van der Waals surface area contributed by atoms with E-state index in [1.807, 2.05) is 30.3 Å². The van der Waals surface area contributed by atoms with Crippen LogP contribution in [-0.2, 0) is 11.2 Å². The second kappa shape index (κ2) is 11.9. The number of benzene rings is 3. The summed E-state index contributed by atoms with van der Waals surface area (Å²) in [6, 6.07) is 18.2. The Balaban J connectivity index is 1.83. The minimum atomic E-state index is -1.02. The molecule has 1 heterocycles. The van der Waals surface area contributed by atoms with Crippen LogP contribution >= 0.6 is 11.6 Å². The van der Waals surface area contributed by atoms with E-state index >= 15 is 4.39 Å². The van der Waals surface area contributed by atoms with E-state index in [4.69, 9.17) is 16.3 Å². The minimum absolute atomic E-state index is 0.0321. The van der Waals surface area contributed by atoms with E-state index in [0.717, 1.165) is 11.6 Å². The molecule has 1 unspecified atom stereocenters. The van der Waals surface area contributed by atoms with E-state index in [1.54, 1.807) is 24.3 Å². The molecular weight excluding hydrogens is 523 g/mol. The van der Waals surface area contributed by atoms with Crippen molar-refractivity contribution in [2.75, 3.05) is 12.4 Å². The number of carbonyl (C=O) groups excluding carboxylic acids is 3. The molecule has 9 heteroatoms. The Morgan fingerprint density at radius 1 is 1.08 bits per heavy atom. The zero-order valence-corrected chi connectivity index (χ0v) is 21.9. The molecule has 0 aliphatic heterocycles. The number of aromatic nitrogens is 1. The van der Waals surface area contributed by atoms with Gasteiger partial charge in [0.2, 0.25) is 5.91 Å². The maximum Gasteiger partial charge on any atom is 0.252 e. The number of ketones is 1. The number of ether oxygens (including phenoxy) is 1. The second-order valence-corrected chi connectivity index (χ2v) is 9.18. The van der Waals surface area contributed by atoms with E-state index in [1.165, 1.54) is 36.9 Å². The summed E-state index contributed by atoms with van der Waals surface area (Å²) < 4.78 is 21.9. The van der Waals surface area contributed by atoms with Crippen LogP contribution in [0, 0.1) is 5.82 Å². The van der Waals surface area contributed by atoms with Gasteiger partial charge in [0, 0.05) is 40.4 Å². The summed E-state index contributed by atoms with van der Waals surface area (Å²) in [7, 11) is 1.34. The molecule has 0 radical (unpaired) electrons. The van der Waals surface area contributed by atoms with Crippen LogP contribution in [0.4, 0.5) is 10.1 Å². The lowest BCUT2D eigenvalue weighted by Gasteiger charge is -2.22. The van der Waals surface area contributed by atoms with Crippen molar-refractivity contribution in [1.29, 1.82) is 0 Å². The van der Waals surface area contributed by atoms with Gasteiger partial charge in [-0.15, -0.1) is 0 Å². The van der Waals surface area contributed by atoms with Gasteiger partial charge < -0.3 is 10.1 Å². The molecule has 1 atom stereocenters. The molecule has 4 rings (SSSR count). The smallest absolute Gasteiger partial charge is 0.252 e. The molecule has 198 valence electrons. The van der Waals surface area contributed by atoms with Gasteiger partial charge in [0.15, 0.2) is 5.78 Å². The van der Waals surface area contributed by atoms with Gasteiger partial charge in [0.1, 0.15) is 23.9 Å². The first-order valence-electron chi connectivity index (χ1n) is 11.9. The van der Waals surface area contributed by atoms with Crippen LogP contribution in [0.2, 0.25) is 5.02 Å². The third kappa shape index (κ3) is 5.97. The van der Waals surface area contributed by atoms with Gasteiger partial charge in [-0.2, -0.15) is 0 Å². The standard InChI is InChI=1S/C30H24ClFN2O5/c1-18(36)22-12-13-24(31)29(32)28(22)23-15-27(37)34(16-26(23)39-2)25(14-19-6-4-3-5-7-19)30(38)33-21-10-8-20(17-35)9-11-21/h3-13,15-17,25H,14H2,1-2H3,(H,33,38). The summed E-state index contributed by atoms with van der Waals surface area (Å²) in [6.45, 7) is 1.28. The minimum Gasteiger partial charge on any atom is -0.495 e. The molecule has 0 aliphatic carbocycles. The number of pyridine rings is 1. The summed E-state index contributed by atoms with van der Waals surface area (Å²) >= 11 is 6.00. The van der Waals surface area contributed by atoms with Gasteiger partial charge in [0.05, 0.1) is 18.3 Å². The molecular formula is C30H24ClFN2O5. The number of carbonyl (C=O) groups is 3. The SMILES string of the molecule is COc1cn(C(Cc2ccccc2)C(=O)Nc2ccc(C=O)cc2)c(=O)cc1-c1c(C(C)=O)ccc(Cl)c1F. The van der Waals surface area contributed by atoms with Crippen molar-refractivity contribution in [3.05, 3.63) is 117 Å². The Kier molecular flexibility index (Phi) is 8.36. The van der Waals surface area contributed by atoms with Crippen molar-refractivity contribution in [1.82, 2.24) is 4.57 Å². The molecule has 0 aliphatic rings. The lowest BCUT2D eigenvalue weighted by atomic mass is 9.96. The summed E-state index contributed by atoms with van der Waals surface area (Å²) in [5.41, 5.74) is 0.971. The summed E-state index contributed by atoms with van der Waals surface area (Å²) in [5, 5.41) is 2.57. The highest BCUT2D eigenvalue weighted by atomic mass is 35.5. The number of aldehydes is 1. The number of anilines is 1. The molecule has 1 N–H and O–H groups in total. The van der Waals surface area contributed by atoms with Crippen molar-refractivity contribution in [2.45, 2.75) is 19.4 Å². The first kappa shape index (κ1) is 27.5. The zero-order valence-electron chi connectivity index (χ0n) is 21.1. The van der Waals surface area contributed by atoms with Crippen molar-refractivity contribution in [3.8, 4) is 16.9 Å². The number of hydrogen-bond acceptors (Lipinski definition) is 5. The molecule has 7 nitrogen and oxygen atoms in total. The van der Waals surface area contributed by atoms with Crippen LogP contribution in [0.5, 0.6) is 5.75 Å². The average Bonchev–Trinajstić information content (AvgIpc) is 2.94. The lowest BCUT2D eigenvalue weighted by Crippen LogP contribution is -2.34. The highest BCUT2D eigenvalue weighted by Crippen LogP contribution is 2.37. The van der Waals surface area contributed by atoms with Crippen LogP contribution < -0.4 is 15.6 Å². The first-order valence-corrected chi connectivity index (χ1v) is 12.3. The van der Waals surface area contributed by atoms with Gasteiger partial charge in [-0.05, 0) is 48.9 Å². The van der Waals surface area contributed by atoms with Crippen molar-refractivity contribution in [3.63, 3.8) is 0 Å². The maximum atomic E-state index is 15.2. The molecule has 0 bridgehead atoms. The topological polar surface area (TPSA) is 94.5 Å². The summed E-state index contributed by atoms with van der Waals surface area (Å²) in [6.07, 6.45) is 2.17. The molecule has 0 saturated heterocycles. The molecule has 0 saturated carbocycles. The average molecular weight is 547 g/mol. The Morgan fingerprint density at radius 3 is 2.38 bits per heavy atom. The Morgan fingerprint density at radius 2 is 1.77 bits per heavy atom. The number of Topliss-reactive ketones (excluding diaryl/α,β-unsaturated/α-hetero) is 1. The molecule has 0 spiro atoms. The molecule has 1 aromatic heterocycles. The molecule has 0 fully saturated rings. The number of nitrogens with one attached hydrogen (secondary N) is 1. The third-order valence-corrected chi connectivity index (χ3v) is 6.52. The maximum absolute atomic E-state index is 15.2. The number of halogens is 2. The van der Waals surface area contributed by atoms with Crippen LogP contribution in [0.25, 0.3) is 11.1 Å². The largest absolute Gasteiger partial charge is 0.495 e. The predicted molar refractivity (Wildman–Crippen MR) is 147 cm³/mol. The van der Waals surface area contributed by atoms with Crippen LogP contribution in [0.1, 0.15) is 39.2 Å². The van der Waals surface area contributed by atoms with Crippen LogP contribution in [0.3, 0.4) is 0 Å². The first-order chi connectivity index (χ1) is 18.7. The summed E-state index contributed by atoms with van der Waals surface area (Å²) in [5.74, 6) is -1.71. The second-order valence-electron chi connectivity index (χ2n) is 8.78. The monoisotopic (exact) mass is 546 g/mol. The van der Waals surface area contributed by atoms with Gasteiger partial charge in [0.25, 0.3) is 5.56 Å². The number of rotatable bonds is 9. The van der Waals surface area contributed by atoms with Crippen LogP contribution in [-0.4, -0.2) is 29.7 Å². The Labute approximate surface area is 228 Å². The molecule has 39 heavy (non-hydrogen) atoms. The van der Waals surface area contributed by atoms with E-state index in [-0.39, 0.29) is 33.9 Å². The quantitative estimate of drug-likeness (QED) is 0.213. The van der Waals surface area contributed by atoms with Crippen molar-refractivity contribution < 1.29 is 23.5 Å². The van der Waals surface area contributed by atoms with Gasteiger partial charge in [-0.1, -0.05) is 41.9 Å². The van der Waals surface area contributed by atoms with E-state index < -0.39 is 29.1 Å². The van der Waals surface area contributed by atoms with Crippen molar-refractivity contribution in [2.24, 2.45) is 0 Å². The number of hydrogen-bond donors (Lipinski definition) is 1. The fourth-order valence-corrected chi connectivity index (χ4v) is 4.42. The third-order valence-electron chi connectivity index (χ3n) is 6.23. The fourth-order valence-electron chi connectivity index (χ4n) is 4.26. The zero-order chi connectivity index (χ0) is 28.1. The number of methoxy groups -OCH3 is 1. The fraction of sp³-hybridized carbons (Fsp3) is 0.133. The molecule has 1 amide bonds. The highest BCUT2D eigenvalue weighted by molar-refractivity contribution is 6.31. The Hall–Kier alpha value is -4.56. The highest BCUT2D eigenvalue weighted by Gasteiger charge is 2.26. The van der Waals surface area contributed by atoms with E-state index in [0.29, 0.717) is 17.5 Å². The molecule has 4 aromatic rings. The Bertz CT molecular complexity index is 1600. The number of nitrogens with zero attached hydrogens (tertiary/aromatic N) is 1. The normalized spacial score (nSPS) is 11.5. The lowest BCUT2D eigenvalue weighted by molar-refractivity contribution is -0.119. The van der Waals surface area contributed by atoms with Gasteiger partial charge >= 0.3 is 0 Å². The predicted octanol–water partition coefficient (Wildman–Crippen LogP) is 5.75. The molecule has 3 aromatic carbocycles. The van der Waals surface area contributed by atoms with Crippen LogP contribution in [0.15, 0.2) is 83.8 Å². The summed E-state index contributed by atoms with van der Waals surface area (Å²) in [4.78, 5) is 50.2. The van der Waals surface area contributed by atoms with Crippen molar-refractivity contribution >= 4 is 35.3 Å². The van der Waals surface area contributed by atoms with E-state index in [2.05, 4.69) is 5.32 Å². The van der Waals surface area contributed by atoms with Gasteiger partial charge in [-0.3, -0.25) is 23.7 Å². The van der Waals surface area contributed by atoms with Gasteiger partial charge in [-0.25, -0.2) is 4.39 Å². The van der Waals surface area contributed by atoms with E-state index in [9.17, 15) is 19.2 Å².